The van der Waals surface area contributed by atoms with E-state index in [1.165, 1.54) is 19.6 Å². The molecule has 0 spiro atoms. The van der Waals surface area contributed by atoms with Crippen LogP contribution in [0.25, 0.3) is 0 Å². The molecule has 1 unspecified atom stereocenters. The molecule has 1 saturated heterocycles. The highest BCUT2D eigenvalue weighted by atomic mass is 15.2. The summed E-state index contributed by atoms with van der Waals surface area (Å²) in [6.45, 7) is 10.2. The van der Waals surface area contributed by atoms with Gasteiger partial charge in [-0.1, -0.05) is 19.1 Å². The van der Waals surface area contributed by atoms with Crippen LogP contribution in [0.5, 0.6) is 0 Å². The van der Waals surface area contributed by atoms with Crippen molar-refractivity contribution in [3.8, 4) is 0 Å². The van der Waals surface area contributed by atoms with E-state index in [0.29, 0.717) is 0 Å². The van der Waals surface area contributed by atoms with E-state index in [1.807, 2.05) is 0 Å². The van der Waals surface area contributed by atoms with Crippen molar-refractivity contribution in [3.63, 3.8) is 0 Å². The van der Waals surface area contributed by atoms with Crippen LogP contribution in [-0.4, -0.2) is 37.6 Å². The van der Waals surface area contributed by atoms with Crippen LogP contribution in [0.15, 0.2) is 12.2 Å². The summed E-state index contributed by atoms with van der Waals surface area (Å²) in [5.41, 5.74) is 0. The van der Waals surface area contributed by atoms with Gasteiger partial charge in [-0.2, -0.15) is 0 Å². The second-order valence-electron chi connectivity index (χ2n) is 3.64. The van der Waals surface area contributed by atoms with E-state index in [9.17, 15) is 0 Å². The number of nitrogens with one attached hydrogen (secondary N) is 1. The molecule has 1 rings (SSSR count). The summed E-state index contributed by atoms with van der Waals surface area (Å²) in [6.07, 6.45) is 4.36. The van der Waals surface area contributed by atoms with Crippen LogP contribution in [0.2, 0.25) is 0 Å². The summed E-state index contributed by atoms with van der Waals surface area (Å²) in [5, 5.41) is 3.44. The third-order valence-electron chi connectivity index (χ3n) is 2.27. The molecule has 0 aromatic carbocycles. The molecule has 1 aliphatic rings. The van der Waals surface area contributed by atoms with Crippen LogP contribution >= 0.6 is 0 Å². The Balaban J connectivity index is 2.30. The van der Waals surface area contributed by atoms with Gasteiger partial charge >= 0.3 is 0 Å². The lowest BCUT2D eigenvalue weighted by Gasteiger charge is -2.19. The summed E-state index contributed by atoms with van der Waals surface area (Å²) in [4.78, 5) is 2.50. The number of rotatable bonds is 2. The van der Waals surface area contributed by atoms with Gasteiger partial charge in [-0.3, -0.25) is 4.90 Å². The Hall–Kier alpha value is -0.340. The van der Waals surface area contributed by atoms with E-state index in [2.05, 4.69) is 36.2 Å². The third-order valence-corrected chi connectivity index (χ3v) is 2.27. The average molecular weight is 168 g/mol. The maximum absolute atomic E-state index is 3.44. The van der Waals surface area contributed by atoms with E-state index in [0.717, 1.165) is 19.0 Å². The predicted molar refractivity (Wildman–Crippen MR) is 53.3 cm³/mol. The monoisotopic (exact) mass is 168 g/mol. The molecule has 0 bridgehead atoms. The molecule has 1 fully saturated rings. The van der Waals surface area contributed by atoms with E-state index in [-0.39, 0.29) is 0 Å². The van der Waals surface area contributed by atoms with Gasteiger partial charge in [0.15, 0.2) is 0 Å². The fourth-order valence-electron chi connectivity index (χ4n) is 1.60. The minimum absolute atomic E-state index is 0.790. The molecule has 0 amide bonds. The molecule has 2 heteroatoms. The van der Waals surface area contributed by atoms with Crippen molar-refractivity contribution in [1.29, 1.82) is 0 Å². The maximum atomic E-state index is 3.44. The molecule has 12 heavy (non-hydrogen) atoms. The van der Waals surface area contributed by atoms with Gasteiger partial charge in [0, 0.05) is 26.2 Å². The van der Waals surface area contributed by atoms with Gasteiger partial charge in [0.1, 0.15) is 0 Å². The summed E-state index contributed by atoms with van der Waals surface area (Å²) in [7, 11) is 0. The molecular formula is C10H20N2. The lowest BCUT2D eigenvalue weighted by atomic mass is 10.2. The Labute approximate surface area is 75.6 Å². The van der Waals surface area contributed by atoms with Crippen molar-refractivity contribution in [2.75, 3.05) is 32.7 Å². The summed E-state index contributed by atoms with van der Waals surface area (Å²) < 4.78 is 0. The Morgan fingerprint density at radius 2 is 2.42 bits per heavy atom. The van der Waals surface area contributed by atoms with E-state index in [1.54, 1.807) is 0 Å². The third kappa shape index (κ3) is 3.37. The molecule has 0 aromatic heterocycles. The average Bonchev–Trinajstić information content (AvgIpc) is 2.26. The van der Waals surface area contributed by atoms with Crippen LogP contribution in [0, 0.1) is 5.92 Å². The van der Waals surface area contributed by atoms with Crippen molar-refractivity contribution in [2.24, 2.45) is 5.92 Å². The second-order valence-corrected chi connectivity index (χ2v) is 3.64. The first-order valence-corrected chi connectivity index (χ1v) is 4.87. The quantitative estimate of drug-likeness (QED) is 0.621. The Morgan fingerprint density at radius 1 is 1.58 bits per heavy atom. The summed E-state index contributed by atoms with van der Waals surface area (Å²) in [6, 6.07) is 0. The minimum Gasteiger partial charge on any atom is -0.315 e. The molecule has 70 valence electrons. The Bertz CT molecular complexity index is 143. The largest absolute Gasteiger partial charge is 0.315 e. The first-order valence-electron chi connectivity index (χ1n) is 4.87. The fourth-order valence-corrected chi connectivity index (χ4v) is 1.60. The van der Waals surface area contributed by atoms with Crippen molar-refractivity contribution in [2.45, 2.75) is 13.8 Å². The number of allylic oxidation sites excluding steroid dienone is 1. The van der Waals surface area contributed by atoms with Gasteiger partial charge in [0.25, 0.3) is 0 Å². The van der Waals surface area contributed by atoms with E-state index >= 15 is 0 Å². The van der Waals surface area contributed by atoms with Crippen molar-refractivity contribution < 1.29 is 0 Å². The predicted octanol–water partition coefficient (Wildman–Crippen LogP) is 1.10. The van der Waals surface area contributed by atoms with Gasteiger partial charge in [0.2, 0.25) is 0 Å². The van der Waals surface area contributed by atoms with Gasteiger partial charge in [-0.05, 0) is 19.4 Å². The Kier molecular flexibility index (Phi) is 4.33. The van der Waals surface area contributed by atoms with Crippen molar-refractivity contribution in [3.05, 3.63) is 12.2 Å². The molecule has 1 atom stereocenters. The van der Waals surface area contributed by atoms with Gasteiger partial charge in [-0.15, -0.1) is 0 Å². The SMILES string of the molecule is C/C=C/CN1CCNCC(C)C1. The summed E-state index contributed by atoms with van der Waals surface area (Å²) >= 11 is 0. The molecule has 1 N–H and O–H groups in total. The maximum Gasteiger partial charge on any atom is 0.0163 e. The highest BCUT2D eigenvalue weighted by Crippen LogP contribution is 2.01. The van der Waals surface area contributed by atoms with Crippen LogP contribution in [-0.2, 0) is 0 Å². The molecule has 0 aliphatic carbocycles. The fraction of sp³-hybridized carbons (Fsp3) is 0.800. The Morgan fingerprint density at radius 3 is 3.17 bits per heavy atom. The topological polar surface area (TPSA) is 15.3 Å². The van der Waals surface area contributed by atoms with Crippen LogP contribution in [0.4, 0.5) is 0 Å². The molecule has 0 saturated carbocycles. The van der Waals surface area contributed by atoms with Gasteiger partial charge < -0.3 is 5.32 Å². The zero-order chi connectivity index (χ0) is 8.81. The normalized spacial score (nSPS) is 27.7. The highest BCUT2D eigenvalue weighted by Gasteiger charge is 2.11. The van der Waals surface area contributed by atoms with Crippen molar-refractivity contribution in [1.82, 2.24) is 10.2 Å². The minimum atomic E-state index is 0.790. The number of hydrogen-bond acceptors (Lipinski definition) is 2. The highest BCUT2D eigenvalue weighted by molar-refractivity contribution is 4.83. The number of hydrogen-bond donors (Lipinski definition) is 1. The van der Waals surface area contributed by atoms with Gasteiger partial charge in [0.05, 0.1) is 0 Å². The second kappa shape index (κ2) is 5.33. The lowest BCUT2D eigenvalue weighted by Crippen LogP contribution is -2.29. The molecule has 0 radical (unpaired) electrons. The smallest absolute Gasteiger partial charge is 0.0163 e. The van der Waals surface area contributed by atoms with E-state index < -0.39 is 0 Å². The number of nitrogens with zero attached hydrogens (tertiary/aromatic N) is 1. The first-order chi connectivity index (χ1) is 5.83. The standard InChI is InChI=1S/C10H20N2/c1-3-4-6-12-7-5-11-8-10(2)9-12/h3-4,10-11H,5-9H2,1-2H3/b4-3+. The zero-order valence-corrected chi connectivity index (χ0v) is 8.21. The lowest BCUT2D eigenvalue weighted by molar-refractivity contribution is 0.291. The van der Waals surface area contributed by atoms with Crippen LogP contribution in [0.1, 0.15) is 13.8 Å². The zero-order valence-electron chi connectivity index (χ0n) is 8.21. The molecular weight excluding hydrogens is 148 g/mol. The van der Waals surface area contributed by atoms with Crippen molar-refractivity contribution >= 4 is 0 Å². The van der Waals surface area contributed by atoms with E-state index in [4.69, 9.17) is 0 Å². The van der Waals surface area contributed by atoms with Crippen LogP contribution < -0.4 is 5.32 Å². The molecule has 0 aromatic rings. The first kappa shape index (κ1) is 9.75. The molecule has 1 heterocycles. The molecule has 2 nitrogen and oxygen atoms in total. The summed E-state index contributed by atoms with van der Waals surface area (Å²) in [5.74, 6) is 0.790. The van der Waals surface area contributed by atoms with Gasteiger partial charge in [-0.25, -0.2) is 0 Å². The molecule has 1 aliphatic heterocycles. The van der Waals surface area contributed by atoms with Crippen LogP contribution in [0.3, 0.4) is 0 Å².